The van der Waals surface area contributed by atoms with Crippen LogP contribution >= 0.6 is 23.2 Å². The molecule has 2 rings (SSSR count). The normalized spacial score (nSPS) is 18.2. The topological polar surface area (TPSA) is 15.3 Å². The molecule has 1 fully saturated rings. The lowest BCUT2D eigenvalue weighted by Gasteiger charge is -2.36. The number of rotatable bonds is 5. The lowest BCUT2D eigenvalue weighted by molar-refractivity contribution is 0.157. The summed E-state index contributed by atoms with van der Waals surface area (Å²) in [6, 6.07) is 2.95. The van der Waals surface area contributed by atoms with Gasteiger partial charge >= 0.3 is 0 Å². The summed E-state index contributed by atoms with van der Waals surface area (Å²) >= 11 is 12.4. The van der Waals surface area contributed by atoms with Crippen LogP contribution in [-0.2, 0) is 0 Å². The fourth-order valence-electron chi connectivity index (χ4n) is 2.84. The van der Waals surface area contributed by atoms with Gasteiger partial charge in [-0.2, -0.15) is 0 Å². The average molecular weight is 333 g/mol. The van der Waals surface area contributed by atoms with Crippen molar-refractivity contribution in [3.05, 3.63) is 33.6 Å². The van der Waals surface area contributed by atoms with E-state index < -0.39 is 0 Å². The van der Waals surface area contributed by atoms with Crippen LogP contribution in [0.2, 0.25) is 10.0 Å². The van der Waals surface area contributed by atoms with Crippen molar-refractivity contribution >= 4 is 23.2 Å². The first-order chi connectivity index (χ1) is 10.0. The van der Waals surface area contributed by atoms with Crippen LogP contribution in [-0.4, -0.2) is 31.1 Å². The van der Waals surface area contributed by atoms with Gasteiger partial charge in [-0.05, 0) is 30.9 Å². The number of piperazine rings is 1. The van der Waals surface area contributed by atoms with Gasteiger partial charge in [0.15, 0.2) is 0 Å². The van der Waals surface area contributed by atoms with Crippen LogP contribution in [0.5, 0.6) is 0 Å². The first-order valence-electron chi connectivity index (χ1n) is 7.59. The van der Waals surface area contributed by atoms with E-state index in [1.54, 1.807) is 0 Å². The minimum atomic E-state index is -0.253. The molecule has 1 N–H and O–H groups in total. The fourth-order valence-corrected chi connectivity index (χ4v) is 3.29. The Bertz CT molecular complexity index is 474. The molecule has 1 aliphatic rings. The molecular formula is C16H23Cl2FN2. The lowest BCUT2D eigenvalue weighted by Crippen LogP contribution is -2.45. The van der Waals surface area contributed by atoms with E-state index >= 15 is 0 Å². The summed E-state index contributed by atoms with van der Waals surface area (Å²) < 4.78 is 14.4. The van der Waals surface area contributed by atoms with Gasteiger partial charge in [0, 0.05) is 37.8 Å². The van der Waals surface area contributed by atoms with Gasteiger partial charge in [0.25, 0.3) is 0 Å². The quantitative estimate of drug-likeness (QED) is 0.797. The number of halogens is 3. The molecule has 0 unspecified atom stereocenters. The molecule has 21 heavy (non-hydrogen) atoms. The van der Waals surface area contributed by atoms with Crippen LogP contribution in [0.25, 0.3) is 0 Å². The highest BCUT2D eigenvalue weighted by atomic mass is 35.5. The second-order valence-electron chi connectivity index (χ2n) is 6.03. The van der Waals surface area contributed by atoms with Crippen molar-refractivity contribution in [2.24, 2.45) is 5.92 Å². The highest BCUT2D eigenvalue weighted by Crippen LogP contribution is 2.37. The summed E-state index contributed by atoms with van der Waals surface area (Å²) in [6.07, 6.45) is 1.94. The van der Waals surface area contributed by atoms with E-state index in [0.29, 0.717) is 21.5 Å². The van der Waals surface area contributed by atoms with Crippen LogP contribution in [0, 0.1) is 11.7 Å². The maximum absolute atomic E-state index is 14.4. The number of benzene rings is 1. The van der Waals surface area contributed by atoms with Crippen molar-refractivity contribution in [3.63, 3.8) is 0 Å². The van der Waals surface area contributed by atoms with Crippen LogP contribution in [0.4, 0.5) is 4.39 Å². The van der Waals surface area contributed by atoms with Crippen LogP contribution in [0.15, 0.2) is 12.1 Å². The third kappa shape index (κ3) is 4.32. The molecule has 118 valence electrons. The molecule has 1 aliphatic heterocycles. The molecule has 1 atom stereocenters. The van der Waals surface area contributed by atoms with Gasteiger partial charge in [-0.25, -0.2) is 4.39 Å². The molecule has 1 aromatic carbocycles. The highest BCUT2D eigenvalue weighted by molar-refractivity contribution is 6.42. The van der Waals surface area contributed by atoms with Crippen molar-refractivity contribution in [1.82, 2.24) is 10.2 Å². The number of nitrogens with one attached hydrogen (secondary N) is 1. The van der Waals surface area contributed by atoms with Crippen molar-refractivity contribution in [1.29, 1.82) is 0 Å². The van der Waals surface area contributed by atoms with Gasteiger partial charge < -0.3 is 5.32 Å². The zero-order chi connectivity index (χ0) is 15.4. The Morgan fingerprint density at radius 2 is 1.86 bits per heavy atom. The SMILES string of the molecule is CC(C)CC[C@@H](c1c(F)ccc(Cl)c1Cl)N1CCNCC1. The van der Waals surface area contributed by atoms with Gasteiger partial charge in [-0.1, -0.05) is 37.0 Å². The summed E-state index contributed by atoms with van der Waals surface area (Å²) in [7, 11) is 0. The van der Waals surface area contributed by atoms with Crippen molar-refractivity contribution in [2.45, 2.75) is 32.7 Å². The minimum absolute atomic E-state index is 0.000648. The summed E-state index contributed by atoms with van der Waals surface area (Å²) in [4.78, 5) is 2.32. The molecule has 0 aromatic heterocycles. The van der Waals surface area contributed by atoms with E-state index in [4.69, 9.17) is 23.2 Å². The Labute approximate surface area is 136 Å². The predicted molar refractivity (Wildman–Crippen MR) is 87.7 cm³/mol. The molecule has 0 bridgehead atoms. The summed E-state index contributed by atoms with van der Waals surface area (Å²) in [5.74, 6) is 0.327. The molecule has 0 radical (unpaired) electrons. The molecule has 1 aromatic rings. The van der Waals surface area contributed by atoms with Gasteiger partial charge in [0.1, 0.15) is 5.82 Å². The van der Waals surface area contributed by atoms with E-state index in [0.717, 1.165) is 39.0 Å². The van der Waals surface area contributed by atoms with E-state index in [1.165, 1.54) is 12.1 Å². The molecule has 1 heterocycles. The van der Waals surface area contributed by atoms with Crippen LogP contribution in [0.3, 0.4) is 0 Å². The molecule has 5 heteroatoms. The molecular weight excluding hydrogens is 310 g/mol. The smallest absolute Gasteiger partial charge is 0.129 e. The van der Waals surface area contributed by atoms with E-state index in [2.05, 4.69) is 24.1 Å². The first kappa shape index (κ1) is 17.0. The Morgan fingerprint density at radius 3 is 2.48 bits per heavy atom. The van der Waals surface area contributed by atoms with Crippen molar-refractivity contribution in [3.8, 4) is 0 Å². The largest absolute Gasteiger partial charge is 0.314 e. The second kappa shape index (κ2) is 7.77. The highest BCUT2D eigenvalue weighted by Gasteiger charge is 2.27. The molecule has 0 saturated carbocycles. The second-order valence-corrected chi connectivity index (χ2v) is 6.81. The van der Waals surface area contributed by atoms with Crippen molar-refractivity contribution in [2.75, 3.05) is 26.2 Å². The maximum Gasteiger partial charge on any atom is 0.129 e. The Hall–Kier alpha value is -0.350. The van der Waals surface area contributed by atoms with Crippen LogP contribution < -0.4 is 5.32 Å². The minimum Gasteiger partial charge on any atom is -0.314 e. The molecule has 1 saturated heterocycles. The third-order valence-corrected chi connectivity index (χ3v) is 4.84. The zero-order valence-corrected chi connectivity index (χ0v) is 14.1. The molecule has 0 amide bonds. The Kier molecular flexibility index (Phi) is 6.30. The summed E-state index contributed by atoms with van der Waals surface area (Å²) in [5.41, 5.74) is 0.562. The Balaban J connectivity index is 2.31. The van der Waals surface area contributed by atoms with Gasteiger partial charge in [-0.15, -0.1) is 0 Å². The molecule has 2 nitrogen and oxygen atoms in total. The number of hydrogen-bond donors (Lipinski definition) is 1. The summed E-state index contributed by atoms with van der Waals surface area (Å²) in [5, 5.41) is 4.13. The van der Waals surface area contributed by atoms with E-state index in [1.807, 2.05) is 0 Å². The molecule has 0 spiro atoms. The van der Waals surface area contributed by atoms with Crippen molar-refractivity contribution < 1.29 is 4.39 Å². The zero-order valence-electron chi connectivity index (χ0n) is 12.6. The van der Waals surface area contributed by atoms with Gasteiger partial charge in [0.2, 0.25) is 0 Å². The monoisotopic (exact) mass is 332 g/mol. The van der Waals surface area contributed by atoms with E-state index in [-0.39, 0.29) is 11.9 Å². The lowest BCUT2D eigenvalue weighted by atomic mass is 9.95. The van der Waals surface area contributed by atoms with E-state index in [9.17, 15) is 4.39 Å². The summed E-state index contributed by atoms with van der Waals surface area (Å²) in [6.45, 7) is 8.04. The predicted octanol–water partition coefficient (Wildman–Crippen LogP) is 4.52. The number of nitrogens with zero attached hydrogens (tertiary/aromatic N) is 1. The van der Waals surface area contributed by atoms with Crippen LogP contribution in [0.1, 0.15) is 38.3 Å². The van der Waals surface area contributed by atoms with Gasteiger partial charge in [-0.3, -0.25) is 4.90 Å². The standard InChI is InChI=1S/C16H23Cl2FN2/c1-11(2)3-6-14(21-9-7-20-8-10-21)15-13(19)5-4-12(17)16(15)18/h4-5,11,14,20H,3,6-10H2,1-2H3/t14-/m0/s1. The molecule has 0 aliphatic carbocycles. The Morgan fingerprint density at radius 1 is 1.19 bits per heavy atom. The average Bonchev–Trinajstić information content (AvgIpc) is 2.47. The first-order valence-corrected chi connectivity index (χ1v) is 8.34. The number of hydrogen-bond acceptors (Lipinski definition) is 2. The maximum atomic E-state index is 14.4. The fraction of sp³-hybridized carbons (Fsp3) is 0.625. The third-order valence-electron chi connectivity index (χ3n) is 4.02. The van der Waals surface area contributed by atoms with Gasteiger partial charge in [0.05, 0.1) is 10.0 Å².